The SMILES string of the molecule is C=C.C=C.C=CC(=O)OCCOCCOC(=O)C=C. The van der Waals surface area contributed by atoms with Crippen LogP contribution in [0.2, 0.25) is 0 Å². The van der Waals surface area contributed by atoms with Crippen molar-refractivity contribution in [3.8, 4) is 0 Å². The van der Waals surface area contributed by atoms with Gasteiger partial charge in [-0.3, -0.25) is 0 Å². The standard InChI is InChI=1S/C10H14O5.2C2H4/c1-3-9(11)14-7-5-13-6-8-15-10(12)4-2;2*1-2/h3-4H,1-2,5-8H2;2*1-2H2. The minimum absolute atomic E-state index is 0.153. The van der Waals surface area contributed by atoms with Gasteiger partial charge in [-0.25, -0.2) is 9.59 Å². The fraction of sp³-hybridized carbons (Fsp3) is 0.286. The Hall–Kier alpha value is -2.14. The van der Waals surface area contributed by atoms with Crippen LogP contribution >= 0.6 is 0 Å². The van der Waals surface area contributed by atoms with Crippen LogP contribution in [0.3, 0.4) is 0 Å². The lowest BCUT2D eigenvalue weighted by Gasteiger charge is -2.04. The Morgan fingerprint density at radius 1 is 0.737 bits per heavy atom. The smallest absolute Gasteiger partial charge is 0.330 e. The first-order valence-corrected chi connectivity index (χ1v) is 5.37. The van der Waals surface area contributed by atoms with E-state index in [1.54, 1.807) is 0 Å². The summed E-state index contributed by atoms with van der Waals surface area (Å²) in [4.78, 5) is 21.1. The second-order valence-electron chi connectivity index (χ2n) is 2.36. The minimum atomic E-state index is -0.489. The molecule has 108 valence electrons. The molecule has 5 nitrogen and oxygen atoms in total. The lowest BCUT2D eigenvalue weighted by molar-refractivity contribution is -0.140. The summed E-state index contributed by atoms with van der Waals surface area (Å²) in [6.45, 7) is 19.3. The predicted molar refractivity (Wildman–Crippen MR) is 75.6 cm³/mol. The molecule has 0 aliphatic carbocycles. The minimum Gasteiger partial charge on any atom is -0.460 e. The Morgan fingerprint density at radius 2 is 1.05 bits per heavy atom. The molecular formula is C14H22O5. The highest BCUT2D eigenvalue weighted by atomic mass is 16.6. The Bertz CT molecular complexity index is 235. The van der Waals surface area contributed by atoms with E-state index in [2.05, 4.69) is 48.9 Å². The molecule has 0 aromatic carbocycles. The van der Waals surface area contributed by atoms with E-state index in [-0.39, 0.29) is 26.4 Å². The second kappa shape index (κ2) is 21.2. The molecule has 19 heavy (non-hydrogen) atoms. The van der Waals surface area contributed by atoms with Crippen LogP contribution in [0.15, 0.2) is 51.6 Å². The lowest BCUT2D eigenvalue weighted by Crippen LogP contribution is -2.12. The van der Waals surface area contributed by atoms with Gasteiger partial charge >= 0.3 is 11.9 Å². The van der Waals surface area contributed by atoms with Gasteiger partial charge in [0.1, 0.15) is 13.2 Å². The molecule has 0 aromatic rings. The number of ether oxygens (including phenoxy) is 3. The summed E-state index contributed by atoms with van der Waals surface area (Å²) in [6, 6.07) is 0. The van der Waals surface area contributed by atoms with Crippen LogP contribution in [-0.2, 0) is 23.8 Å². The van der Waals surface area contributed by atoms with Crippen molar-refractivity contribution in [3.05, 3.63) is 51.6 Å². The van der Waals surface area contributed by atoms with Gasteiger partial charge in [-0.05, 0) is 0 Å². The number of esters is 2. The first-order valence-electron chi connectivity index (χ1n) is 5.37. The highest BCUT2D eigenvalue weighted by Gasteiger charge is 1.96. The molecule has 0 aliphatic rings. The third kappa shape index (κ3) is 21.7. The Balaban J connectivity index is -0.000000579. The van der Waals surface area contributed by atoms with E-state index in [0.29, 0.717) is 0 Å². The number of carbonyl (C=O) groups is 2. The lowest BCUT2D eigenvalue weighted by atomic mass is 10.6. The average Bonchev–Trinajstić information content (AvgIpc) is 2.49. The third-order valence-electron chi connectivity index (χ3n) is 1.28. The molecule has 0 saturated heterocycles. The molecule has 0 heterocycles. The molecule has 5 heteroatoms. The van der Waals surface area contributed by atoms with Crippen LogP contribution in [0.4, 0.5) is 0 Å². The van der Waals surface area contributed by atoms with Crippen molar-refractivity contribution < 1.29 is 23.8 Å². The zero-order valence-corrected chi connectivity index (χ0v) is 11.3. The van der Waals surface area contributed by atoms with Crippen molar-refractivity contribution in [3.63, 3.8) is 0 Å². The van der Waals surface area contributed by atoms with Crippen LogP contribution in [0.1, 0.15) is 0 Å². The van der Waals surface area contributed by atoms with Crippen molar-refractivity contribution in [2.75, 3.05) is 26.4 Å². The molecule has 0 aromatic heterocycles. The van der Waals surface area contributed by atoms with Gasteiger partial charge in [0.15, 0.2) is 0 Å². The number of hydrogen-bond acceptors (Lipinski definition) is 5. The van der Waals surface area contributed by atoms with Gasteiger partial charge in [0, 0.05) is 12.2 Å². The van der Waals surface area contributed by atoms with Gasteiger partial charge in [0.05, 0.1) is 13.2 Å². The summed E-state index contributed by atoms with van der Waals surface area (Å²) in [5.41, 5.74) is 0. The third-order valence-corrected chi connectivity index (χ3v) is 1.28. The van der Waals surface area contributed by atoms with Crippen molar-refractivity contribution in [2.24, 2.45) is 0 Å². The summed E-state index contributed by atoms with van der Waals surface area (Å²) in [5.74, 6) is -0.978. The number of hydrogen-bond donors (Lipinski definition) is 0. The van der Waals surface area contributed by atoms with E-state index in [1.165, 1.54) is 0 Å². The zero-order valence-electron chi connectivity index (χ0n) is 11.3. The summed E-state index contributed by atoms with van der Waals surface area (Å²) in [6.07, 6.45) is 2.15. The van der Waals surface area contributed by atoms with Gasteiger partial charge in [-0.1, -0.05) is 13.2 Å². The van der Waals surface area contributed by atoms with E-state index >= 15 is 0 Å². The molecule has 0 fully saturated rings. The predicted octanol–water partition coefficient (Wildman–Crippen LogP) is 2.07. The van der Waals surface area contributed by atoms with Gasteiger partial charge in [-0.2, -0.15) is 0 Å². The Morgan fingerprint density at radius 3 is 1.32 bits per heavy atom. The molecule has 0 atom stereocenters. The first-order chi connectivity index (χ1) is 9.20. The molecule has 0 N–H and O–H groups in total. The molecule has 0 unspecified atom stereocenters. The highest BCUT2D eigenvalue weighted by molar-refractivity contribution is 5.81. The largest absolute Gasteiger partial charge is 0.460 e. The second-order valence-corrected chi connectivity index (χ2v) is 2.36. The fourth-order valence-electron chi connectivity index (χ4n) is 0.622. The van der Waals surface area contributed by atoms with Gasteiger partial charge in [0.2, 0.25) is 0 Å². The fourth-order valence-corrected chi connectivity index (χ4v) is 0.622. The Kier molecular flexibility index (Phi) is 24.6. The van der Waals surface area contributed by atoms with Gasteiger partial charge in [-0.15, -0.1) is 26.3 Å². The molecule has 0 radical (unpaired) electrons. The van der Waals surface area contributed by atoms with E-state index in [9.17, 15) is 9.59 Å². The van der Waals surface area contributed by atoms with Crippen molar-refractivity contribution in [1.29, 1.82) is 0 Å². The van der Waals surface area contributed by atoms with Crippen molar-refractivity contribution in [2.45, 2.75) is 0 Å². The van der Waals surface area contributed by atoms with Gasteiger partial charge < -0.3 is 14.2 Å². The van der Waals surface area contributed by atoms with E-state index in [1.807, 2.05) is 0 Å². The summed E-state index contributed by atoms with van der Waals surface area (Å²) >= 11 is 0. The Labute approximate surface area is 114 Å². The summed E-state index contributed by atoms with van der Waals surface area (Å²) in [7, 11) is 0. The van der Waals surface area contributed by atoms with Crippen LogP contribution in [0.5, 0.6) is 0 Å². The first kappa shape index (κ1) is 22.1. The van der Waals surface area contributed by atoms with E-state index in [0.717, 1.165) is 12.2 Å². The van der Waals surface area contributed by atoms with Crippen molar-refractivity contribution >= 4 is 11.9 Å². The van der Waals surface area contributed by atoms with Crippen LogP contribution in [-0.4, -0.2) is 38.4 Å². The molecule has 0 amide bonds. The quantitative estimate of drug-likeness (QED) is 0.292. The molecule has 0 spiro atoms. The molecule has 0 bridgehead atoms. The van der Waals surface area contributed by atoms with E-state index in [4.69, 9.17) is 4.74 Å². The summed E-state index contributed by atoms with van der Waals surface area (Å²) < 4.78 is 14.3. The topological polar surface area (TPSA) is 61.8 Å². The molecule has 0 saturated carbocycles. The maximum atomic E-state index is 10.6. The van der Waals surface area contributed by atoms with E-state index < -0.39 is 11.9 Å². The molecule has 0 rings (SSSR count). The van der Waals surface area contributed by atoms with Crippen LogP contribution < -0.4 is 0 Å². The molecular weight excluding hydrogens is 248 g/mol. The van der Waals surface area contributed by atoms with Crippen LogP contribution in [0.25, 0.3) is 0 Å². The van der Waals surface area contributed by atoms with Crippen LogP contribution in [0, 0.1) is 0 Å². The summed E-state index contributed by atoms with van der Waals surface area (Å²) in [5, 5.41) is 0. The number of rotatable bonds is 8. The van der Waals surface area contributed by atoms with Crippen molar-refractivity contribution in [1.82, 2.24) is 0 Å². The molecule has 0 aliphatic heterocycles. The average molecular weight is 270 g/mol. The zero-order chi connectivity index (χ0) is 15.5. The normalized spacial score (nSPS) is 7.58. The number of carbonyl (C=O) groups excluding carboxylic acids is 2. The maximum Gasteiger partial charge on any atom is 0.330 e. The highest BCUT2D eigenvalue weighted by Crippen LogP contribution is 1.83. The maximum absolute atomic E-state index is 10.6. The van der Waals surface area contributed by atoms with Gasteiger partial charge in [0.25, 0.3) is 0 Å². The monoisotopic (exact) mass is 270 g/mol.